The lowest BCUT2D eigenvalue weighted by Gasteiger charge is -2.21. The summed E-state index contributed by atoms with van der Waals surface area (Å²) in [7, 11) is 0. The normalized spacial score (nSPS) is 15.0. The molecular formula is C22H27N3O2. The van der Waals surface area contributed by atoms with Crippen LogP contribution in [0.4, 0.5) is 0 Å². The van der Waals surface area contributed by atoms with Crippen molar-refractivity contribution in [2.24, 2.45) is 0 Å². The van der Waals surface area contributed by atoms with Gasteiger partial charge in [0, 0.05) is 38.3 Å². The van der Waals surface area contributed by atoms with Gasteiger partial charge in [0.1, 0.15) is 0 Å². The Kier molecular flexibility index (Phi) is 6.22. The first-order valence-electron chi connectivity index (χ1n) is 9.59. The third kappa shape index (κ3) is 4.94. The van der Waals surface area contributed by atoms with Crippen molar-refractivity contribution in [1.29, 1.82) is 0 Å². The molecule has 142 valence electrons. The molecule has 1 atom stereocenters. The van der Waals surface area contributed by atoms with Crippen LogP contribution in [0, 0.1) is 13.8 Å². The monoisotopic (exact) mass is 365 g/mol. The Morgan fingerprint density at radius 1 is 1.22 bits per heavy atom. The van der Waals surface area contributed by atoms with E-state index in [0.717, 1.165) is 24.1 Å². The minimum atomic E-state index is -0.223. The van der Waals surface area contributed by atoms with Crippen LogP contribution in [0.25, 0.3) is 0 Å². The number of hydrogen-bond donors (Lipinski definition) is 1. The van der Waals surface area contributed by atoms with E-state index in [1.807, 2.05) is 17.0 Å². The van der Waals surface area contributed by atoms with Gasteiger partial charge in [-0.3, -0.25) is 14.6 Å². The zero-order chi connectivity index (χ0) is 19.2. The molecule has 1 saturated heterocycles. The molecule has 2 heterocycles. The number of nitrogens with one attached hydrogen (secondary N) is 1. The first-order chi connectivity index (χ1) is 13.0. The van der Waals surface area contributed by atoms with Gasteiger partial charge in [0.25, 0.3) is 0 Å². The van der Waals surface area contributed by atoms with E-state index in [0.29, 0.717) is 25.8 Å². The predicted octanol–water partition coefficient (Wildman–Crippen LogP) is 3.31. The van der Waals surface area contributed by atoms with Gasteiger partial charge in [-0.1, -0.05) is 24.3 Å². The van der Waals surface area contributed by atoms with Gasteiger partial charge < -0.3 is 10.2 Å². The number of benzene rings is 1. The van der Waals surface area contributed by atoms with Gasteiger partial charge in [-0.2, -0.15) is 0 Å². The second-order valence-corrected chi connectivity index (χ2v) is 7.22. The summed E-state index contributed by atoms with van der Waals surface area (Å²) in [5.41, 5.74) is 4.44. The molecule has 2 aromatic rings. The van der Waals surface area contributed by atoms with Gasteiger partial charge >= 0.3 is 0 Å². The number of rotatable bonds is 7. The van der Waals surface area contributed by atoms with Crippen molar-refractivity contribution in [3.8, 4) is 0 Å². The van der Waals surface area contributed by atoms with Crippen LogP contribution in [-0.4, -0.2) is 34.8 Å². The fourth-order valence-electron chi connectivity index (χ4n) is 3.45. The molecule has 1 N–H and O–H groups in total. The number of aromatic nitrogens is 1. The molecule has 5 heteroatoms. The first kappa shape index (κ1) is 19.1. The summed E-state index contributed by atoms with van der Waals surface area (Å²) in [6.45, 7) is 5.64. The lowest BCUT2D eigenvalue weighted by atomic mass is 9.96. The second kappa shape index (κ2) is 8.80. The lowest BCUT2D eigenvalue weighted by molar-refractivity contribution is -0.128. The van der Waals surface area contributed by atoms with Crippen molar-refractivity contribution in [2.45, 2.75) is 45.6 Å². The molecule has 1 aromatic heterocycles. The third-order valence-corrected chi connectivity index (χ3v) is 5.19. The smallest absolute Gasteiger partial charge is 0.222 e. The molecule has 0 spiro atoms. The van der Waals surface area contributed by atoms with E-state index < -0.39 is 0 Å². The summed E-state index contributed by atoms with van der Waals surface area (Å²) in [6, 6.07) is 9.90. The molecule has 1 unspecified atom stereocenters. The van der Waals surface area contributed by atoms with Crippen molar-refractivity contribution >= 4 is 11.8 Å². The highest BCUT2D eigenvalue weighted by Crippen LogP contribution is 2.24. The van der Waals surface area contributed by atoms with Crippen LogP contribution in [0.5, 0.6) is 0 Å². The quantitative estimate of drug-likeness (QED) is 0.819. The highest BCUT2D eigenvalue weighted by Gasteiger charge is 2.21. The number of hydrogen-bond acceptors (Lipinski definition) is 3. The van der Waals surface area contributed by atoms with Crippen LogP contribution >= 0.6 is 0 Å². The number of carbonyl (C=O) groups is 2. The molecule has 27 heavy (non-hydrogen) atoms. The summed E-state index contributed by atoms with van der Waals surface area (Å²) in [5.74, 6) is 0.201. The molecule has 3 rings (SSSR count). The minimum Gasteiger partial charge on any atom is -0.345 e. The summed E-state index contributed by atoms with van der Waals surface area (Å²) in [4.78, 5) is 30.3. The maximum Gasteiger partial charge on any atom is 0.222 e. The fourth-order valence-corrected chi connectivity index (χ4v) is 3.45. The molecule has 0 saturated carbocycles. The molecule has 1 fully saturated rings. The minimum absolute atomic E-state index is 0.00581. The Bertz CT molecular complexity index is 804. The summed E-state index contributed by atoms with van der Waals surface area (Å²) in [6.07, 6.45) is 6.19. The zero-order valence-electron chi connectivity index (χ0n) is 16.1. The number of nitrogens with zero attached hydrogens (tertiary/aromatic N) is 2. The Hall–Kier alpha value is -2.69. The van der Waals surface area contributed by atoms with Gasteiger partial charge in [0.05, 0.1) is 6.04 Å². The lowest BCUT2D eigenvalue weighted by Crippen LogP contribution is -2.31. The van der Waals surface area contributed by atoms with E-state index in [9.17, 15) is 9.59 Å². The van der Waals surface area contributed by atoms with E-state index in [1.54, 1.807) is 12.4 Å². The highest BCUT2D eigenvalue weighted by atomic mass is 16.2. The standard InChI is InChI=1S/C22H27N3O2/c1-16-9-10-18(14-17(16)2)22(19-6-3-11-23-15-19)24-20(26)7-4-12-25-13-5-8-21(25)27/h3,6,9-11,14-15,22H,4-5,7-8,12-13H2,1-2H3,(H,24,26). The van der Waals surface area contributed by atoms with Gasteiger partial charge in [0.2, 0.25) is 11.8 Å². The zero-order valence-corrected chi connectivity index (χ0v) is 16.1. The molecule has 1 aliphatic heterocycles. The van der Waals surface area contributed by atoms with E-state index in [2.05, 4.69) is 42.3 Å². The van der Waals surface area contributed by atoms with Gasteiger partial charge in [0.15, 0.2) is 0 Å². The topological polar surface area (TPSA) is 62.3 Å². The maximum absolute atomic E-state index is 12.6. The Morgan fingerprint density at radius 3 is 2.74 bits per heavy atom. The van der Waals surface area contributed by atoms with Crippen LogP contribution in [0.15, 0.2) is 42.7 Å². The van der Waals surface area contributed by atoms with Crippen LogP contribution in [-0.2, 0) is 9.59 Å². The molecule has 1 aliphatic rings. The molecule has 5 nitrogen and oxygen atoms in total. The van der Waals surface area contributed by atoms with E-state index in [-0.39, 0.29) is 17.9 Å². The average Bonchev–Trinajstić information content (AvgIpc) is 3.08. The van der Waals surface area contributed by atoms with Crippen LogP contribution in [0.1, 0.15) is 54.0 Å². The van der Waals surface area contributed by atoms with E-state index in [4.69, 9.17) is 0 Å². The van der Waals surface area contributed by atoms with E-state index >= 15 is 0 Å². The Morgan fingerprint density at radius 2 is 2.07 bits per heavy atom. The van der Waals surface area contributed by atoms with Crippen LogP contribution < -0.4 is 5.32 Å². The van der Waals surface area contributed by atoms with Crippen molar-refractivity contribution in [3.05, 3.63) is 65.0 Å². The average molecular weight is 365 g/mol. The Labute approximate surface area is 160 Å². The van der Waals surface area contributed by atoms with Crippen molar-refractivity contribution in [2.75, 3.05) is 13.1 Å². The SMILES string of the molecule is Cc1ccc(C(NC(=O)CCCN2CCCC2=O)c2cccnc2)cc1C. The fraction of sp³-hybridized carbons (Fsp3) is 0.409. The van der Waals surface area contributed by atoms with Gasteiger partial charge in [-0.05, 0) is 55.0 Å². The number of amides is 2. The molecule has 1 aromatic carbocycles. The number of pyridine rings is 1. The van der Waals surface area contributed by atoms with Crippen LogP contribution in [0.2, 0.25) is 0 Å². The largest absolute Gasteiger partial charge is 0.345 e. The van der Waals surface area contributed by atoms with Gasteiger partial charge in [-0.25, -0.2) is 0 Å². The van der Waals surface area contributed by atoms with Crippen molar-refractivity contribution in [3.63, 3.8) is 0 Å². The molecule has 0 aliphatic carbocycles. The summed E-state index contributed by atoms with van der Waals surface area (Å²) >= 11 is 0. The van der Waals surface area contributed by atoms with Gasteiger partial charge in [-0.15, -0.1) is 0 Å². The summed E-state index contributed by atoms with van der Waals surface area (Å²) in [5, 5.41) is 3.15. The van der Waals surface area contributed by atoms with E-state index in [1.165, 1.54) is 11.1 Å². The number of carbonyl (C=O) groups excluding carboxylic acids is 2. The Balaban J connectivity index is 1.66. The molecular weight excluding hydrogens is 338 g/mol. The number of likely N-dealkylation sites (tertiary alicyclic amines) is 1. The van der Waals surface area contributed by atoms with Crippen molar-refractivity contribution < 1.29 is 9.59 Å². The molecule has 0 bridgehead atoms. The first-order valence-corrected chi connectivity index (χ1v) is 9.59. The number of aryl methyl sites for hydroxylation is 2. The molecule has 2 amide bonds. The third-order valence-electron chi connectivity index (χ3n) is 5.19. The van der Waals surface area contributed by atoms with Crippen molar-refractivity contribution in [1.82, 2.24) is 15.2 Å². The molecule has 0 radical (unpaired) electrons. The highest BCUT2D eigenvalue weighted by molar-refractivity contribution is 5.78. The maximum atomic E-state index is 12.6. The second-order valence-electron chi connectivity index (χ2n) is 7.22. The van der Waals surface area contributed by atoms with Crippen LogP contribution in [0.3, 0.4) is 0 Å². The predicted molar refractivity (Wildman–Crippen MR) is 105 cm³/mol. The summed E-state index contributed by atoms with van der Waals surface area (Å²) < 4.78 is 0.